The van der Waals surface area contributed by atoms with Crippen LogP contribution in [0.5, 0.6) is 0 Å². The van der Waals surface area contributed by atoms with E-state index >= 15 is 0 Å². The maximum absolute atomic E-state index is 12.4. The van der Waals surface area contributed by atoms with Gasteiger partial charge in [-0.05, 0) is 32.1 Å². The highest BCUT2D eigenvalue weighted by atomic mass is 16.5. The van der Waals surface area contributed by atoms with Crippen molar-refractivity contribution >= 4 is 11.9 Å². The van der Waals surface area contributed by atoms with Gasteiger partial charge in [0.2, 0.25) is 5.91 Å². The molecule has 0 spiro atoms. The molecule has 2 atom stereocenters. The Morgan fingerprint density at radius 2 is 0.754 bits per heavy atom. The molecule has 0 fully saturated rings. The zero-order chi connectivity index (χ0) is 44.4. The van der Waals surface area contributed by atoms with Crippen LogP contribution < -0.4 is 5.32 Å². The van der Waals surface area contributed by atoms with E-state index in [4.69, 9.17) is 4.74 Å². The van der Waals surface area contributed by atoms with E-state index < -0.39 is 12.1 Å². The number of esters is 1. The van der Waals surface area contributed by atoms with E-state index in [9.17, 15) is 19.8 Å². The molecule has 0 aromatic carbocycles. The lowest BCUT2D eigenvalue weighted by atomic mass is 10.0. The first-order valence-electron chi connectivity index (χ1n) is 27.5. The highest BCUT2D eigenvalue weighted by Crippen LogP contribution is 2.17. The monoisotopic (exact) mass is 862 g/mol. The van der Waals surface area contributed by atoms with Gasteiger partial charge in [0.15, 0.2) is 0 Å². The summed E-state index contributed by atoms with van der Waals surface area (Å²) in [6.45, 7) is 4.89. The Morgan fingerprint density at radius 1 is 0.443 bits per heavy atom. The van der Waals surface area contributed by atoms with Crippen molar-refractivity contribution in [3.05, 3.63) is 12.2 Å². The van der Waals surface area contributed by atoms with Gasteiger partial charge in [-0.3, -0.25) is 9.59 Å². The highest BCUT2D eigenvalue weighted by Gasteiger charge is 2.18. The van der Waals surface area contributed by atoms with Gasteiger partial charge in [-0.25, -0.2) is 0 Å². The summed E-state index contributed by atoms with van der Waals surface area (Å²) in [6, 6.07) is -0.632. The molecule has 0 aromatic heterocycles. The fraction of sp³-hybridized carbons (Fsp3) is 0.927. The van der Waals surface area contributed by atoms with Crippen molar-refractivity contribution in [2.24, 2.45) is 0 Å². The molecule has 1 amide bonds. The number of hydrogen-bond donors (Lipinski definition) is 3. The van der Waals surface area contributed by atoms with E-state index in [0.29, 0.717) is 19.4 Å². The average molecular weight is 862 g/mol. The van der Waals surface area contributed by atoms with Crippen molar-refractivity contribution < 1.29 is 24.5 Å². The molecule has 0 saturated heterocycles. The molecule has 2 unspecified atom stereocenters. The standard InChI is InChI=1S/C55H107NO5/c1-3-5-7-9-11-13-15-17-18-19-22-25-29-33-37-41-45-49-55(60)61-50-46-42-38-34-30-26-23-20-21-24-28-32-36-40-44-48-54(59)56-52(51-57)53(58)47-43-39-35-31-27-16-14-12-10-8-6-4-2/h43,47,52-53,57-58H,3-42,44-46,48-51H2,1-2H3,(H,56,59)/b47-43+. The summed E-state index contributed by atoms with van der Waals surface area (Å²) in [4.78, 5) is 24.5. The van der Waals surface area contributed by atoms with Crippen LogP contribution in [0.4, 0.5) is 0 Å². The number of ether oxygens (including phenoxy) is 1. The number of aliphatic hydroxyl groups is 2. The summed E-state index contributed by atoms with van der Waals surface area (Å²) < 4.78 is 5.48. The molecule has 0 aromatic rings. The van der Waals surface area contributed by atoms with E-state index in [-0.39, 0.29) is 18.5 Å². The zero-order valence-electron chi connectivity index (χ0n) is 41.2. The number of amides is 1. The van der Waals surface area contributed by atoms with Crippen LogP contribution >= 0.6 is 0 Å². The number of carbonyl (C=O) groups excluding carboxylic acids is 2. The fourth-order valence-electron chi connectivity index (χ4n) is 8.58. The third-order valence-corrected chi connectivity index (χ3v) is 12.8. The van der Waals surface area contributed by atoms with Crippen molar-refractivity contribution in [2.75, 3.05) is 13.2 Å². The normalized spacial score (nSPS) is 12.7. The van der Waals surface area contributed by atoms with Gasteiger partial charge in [-0.15, -0.1) is 0 Å². The van der Waals surface area contributed by atoms with E-state index in [1.807, 2.05) is 6.08 Å². The summed E-state index contributed by atoms with van der Waals surface area (Å²) in [5.41, 5.74) is 0. The third kappa shape index (κ3) is 47.9. The second-order valence-electron chi connectivity index (χ2n) is 18.9. The molecule has 362 valence electrons. The molecule has 0 rings (SSSR count). The van der Waals surface area contributed by atoms with Crippen molar-refractivity contribution in [1.82, 2.24) is 5.32 Å². The Morgan fingerprint density at radius 3 is 1.11 bits per heavy atom. The van der Waals surface area contributed by atoms with Crippen molar-refractivity contribution in [1.29, 1.82) is 0 Å². The van der Waals surface area contributed by atoms with Crippen LogP contribution in [-0.2, 0) is 14.3 Å². The van der Waals surface area contributed by atoms with Gasteiger partial charge >= 0.3 is 5.97 Å². The quantitative estimate of drug-likeness (QED) is 0.0322. The Labute approximate surface area is 380 Å². The van der Waals surface area contributed by atoms with Crippen molar-refractivity contribution in [3.63, 3.8) is 0 Å². The molecule has 0 heterocycles. The van der Waals surface area contributed by atoms with E-state index in [1.54, 1.807) is 6.08 Å². The van der Waals surface area contributed by atoms with Gasteiger partial charge in [-0.1, -0.05) is 270 Å². The van der Waals surface area contributed by atoms with Gasteiger partial charge in [0.05, 0.1) is 25.4 Å². The lowest BCUT2D eigenvalue weighted by Gasteiger charge is -2.20. The molecule has 3 N–H and O–H groups in total. The lowest BCUT2D eigenvalue weighted by molar-refractivity contribution is -0.143. The number of carbonyl (C=O) groups is 2. The minimum atomic E-state index is -0.848. The van der Waals surface area contributed by atoms with Crippen LogP contribution in [0.25, 0.3) is 0 Å². The lowest BCUT2D eigenvalue weighted by Crippen LogP contribution is -2.45. The largest absolute Gasteiger partial charge is 0.466 e. The molecular formula is C55H107NO5. The summed E-state index contributed by atoms with van der Waals surface area (Å²) in [5.74, 6) is -0.0724. The first-order chi connectivity index (χ1) is 30.0. The van der Waals surface area contributed by atoms with E-state index in [1.165, 1.54) is 231 Å². The topological polar surface area (TPSA) is 95.9 Å². The van der Waals surface area contributed by atoms with Crippen LogP contribution in [0, 0.1) is 0 Å². The summed E-state index contributed by atoms with van der Waals surface area (Å²) in [5, 5.41) is 23.0. The van der Waals surface area contributed by atoms with Gasteiger partial charge in [0, 0.05) is 12.8 Å². The van der Waals surface area contributed by atoms with Crippen molar-refractivity contribution in [3.8, 4) is 0 Å². The number of rotatable bonds is 51. The zero-order valence-corrected chi connectivity index (χ0v) is 41.2. The molecule has 0 bridgehead atoms. The number of allylic oxidation sites excluding steroid dienone is 1. The maximum Gasteiger partial charge on any atom is 0.305 e. The second-order valence-corrected chi connectivity index (χ2v) is 18.9. The van der Waals surface area contributed by atoms with Gasteiger partial charge in [0.1, 0.15) is 0 Å². The van der Waals surface area contributed by atoms with E-state index in [2.05, 4.69) is 19.2 Å². The summed E-state index contributed by atoms with van der Waals surface area (Å²) >= 11 is 0. The smallest absolute Gasteiger partial charge is 0.305 e. The first kappa shape index (κ1) is 59.6. The van der Waals surface area contributed by atoms with Crippen LogP contribution in [0.3, 0.4) is 0 Å². The molecule has 0 radical (unpaired) electrons. The molecule has 6 heteroatoms. The predicted molar refractivity (Wildman–Crippen MR) is 264 cm³/mol. The van der Waals surface area contributed by atoms with Gasteiger partial charge in [0.25, 0.3) is 0 Å². The molecule has 0 aliphatic rings. The molecule has 6 nitrogen and oxygen atoms in total. The number of nitrogens with one attached hydrogen (secondary N) is 1. The first-order valence-corrected chi connectivity index (χ1v) is 27.5. The minimum Gasteiger partial charge on any atom is -0.466 e. The SMILES string of the molecule is CCCCCCCCCCCC/C=C/C(O)C(CO)NC(=O)CCCCCCCCCCCCCCCCCOC(=O)CCCCCCCCCCCCCCCCCCC. The highest BCUT2D eigenvalue weighted by molar-refractivity contribution is 5.76. The fourth-order valence-corrected chi connectivity index (χ4v) is 8.58. The number of hydrogen-bond acceptors (Lipinski definition) is 5. The summed E-state index contributed by atoms with van der Waals surface area (Å²) in [7, 11) is 0. The minimum absolute atomic E-state index is 0.00361. The Kier molecular flexibility index (Phi) is 50.1. The number of aliphatic hydroxyl groups excluding tert-OH is 2. The molecule has 0 aliphatic heterocycles. The number of unbranched alkanes of at least 4 members (excludes halogenated alkanes) is 40. The van der Waals surface area contributed by atoms with Crippen LogP contribution in [0.1, 0.15) is 303 Å². The Balaban J connectivity index is 3.41. The third-order valence-electron chi connectivity index (χ3n) is 12.8. The van der Waals surface area contributed by atoms with Crippen LogP contribution in [0.2, 0.25) is 0 Å². The summed E-state index contributed by atoms with van der Waals surface area (Å²) in [6.07, 6.45) is 59.3. The molecule has 61 heavy (non-hydrogen) atoms. The maximum atomic E-state index is 12.4. The van der Waals surface area contributed by atoms with E-state index in [0.717, 1.165) is 44.9 Å². The van der Waals surface area contributed by atoms with Crippen LogP contribution in [0.15, 0.2) is 12.2 Å². The molecule has 0 aliphatic carbocycles. The molecular weight excluding hydrogens is 755 g/mol. The second kappa shape index (κ2) is 51.2. The average Bonchev–Trinajstić information content (AvgIpc) is 3.26. The Hall–Kier alpha value is -1.40. The Bertz CT molecular complexity index is 909. The molecule has 0 saturated carbocycles. The van der Waals surface area contributed by atoms with Gasteiger partial charge in [-0.2, -0.15) is 0 Å². The van der Waals surface area contributed by atoms with Gasteiger partial charge < -0.3 is 20.3 Å². The predicted octanol–water partition coefficient (Wildman–Crippen LogP) is 16.5. The van der Waals surface area contributed by atoms with Crippen LogP contribution in [-0.4, -0.2) is 47.4 Å². The van der Waals surface area contributed by atoms with Crippen molar-refractivity contribution in [2.45, 2.75) is 315 Å².